The Bertz CT molecular complexity index is 936. The van der Waals surface area contributed by atoms with E-state index in [1.54, 1.807) is 12.1 Å². The zero-order valence-electron chi connectivity index (χ0n) is 15.1. The lowest BCUT2D eigenvalue weighted by molar-refractivity contribution is -0.135. The van der Waals surface area contributed by atoms with E-state index in [1.807, 2.05) is 18.2 Å². The Balaban J connectivity index is 1.76. The molecule has 0 fully saturated rings. The molecule has 27 heavy (non-hydrogen) atoms. The van der Waals surface area contributed by atoms with Gasteiger partial charge < -0.3 is 14.9 Å². The highest BCUT2D eigenvalue weighted by atomic mass is 35.5. The molecule has 2 N–H and O–H groups in total. The van der Waals surface area contributed by atoms with Crippen LogP contribution in [0.1, 0.15) is 30.9 Å². The third-order valence-corrected chi connectivity index (χ3v) is 4.44. The molecule has 140 valence electrons. The maximum atomic E-state index is 10.6. The van der Waals surface area contributed by atoms with Crippen LogP contribution in [0.3, 0.4) is 0 Å². The van der Waals surface area contributed by atoms with Gasteiger partial charge >= 0.3 is 5.97 Å². The van der Waals surface area contributed by atoms with Crippen molar-refractivity contribution < 1.29 is 14.4 Å². The molecule has 0 saturated carbocycles. The second-order valence-electron chi connectivity index (χ2n) is 6.51. The van der Waals surface area contributed by atoms with Gasteiger partial charge in [-0.1, -0.05) is 48.8 Å². The zero-order valence-corrected chi connectivity index (χ0v) is 15.8. The monoisotopic (exact) mass is 385 g/mol. The molecule has 0 radical (unpaired) electrons. The molecule has 0 atom stereocenters. The van der Waals surface area contributed by atoms with Crippen LogP contribution in [-0.4, -0.2) is 27.8 Å². The molecular weight excluding hydrogens is 366 g/mol. The number of carboxylic acids is 1. The molecule has 6 nitrogen and oxygen atoms in total. The van der Waals surface area contributed by atoms with E-state index in [2.05, 4.69) is 41.4 Å². The van der Waals surface area contributed by atoms with Crippen LogP contribution in [0.15, 0.2) is 47.0 Å². The fourth-order valence-electron chi connectivity index (χ4n) is 2.62. The summed E-state index contributed by atoms with van der Waals surface area (Å²) < 4.78 is 5.38. The van der Waals surface area contributed by atoms with E-state index in [0.29, 0.717) is 34.8 Å². The lowest BCUT2D eigenvalue weighted by atomic mass is 10.0. The molecule has 0 bridgehead atoms. The standard InChI is InChI=1S/C20H20ClN3O3/c1-12(2)14-4-6-15(7-5-14)20-23-19(24-27-20)16-8-3-13(9-17(16)21)10-22-11-18(25)26/h3-9,12,22H,10-11H2,1-2H3,(H,25,26). The molecule has 0 aliphatic heterocycles. The maximum absolute atomic E-state index is 10.6. The number of nitrogens with zero attached hydrogens (tertiary/aromatic N) is 2. The average molecular weight is 386 g/mol. The summed E-state index contributed by atoms with van der Waals surface area (Å²) in [6.45, 7) is 4.58. The zero-order chi connectivity index (χ0) is 19.4. The van der Waals surface area contributed by atoms with Gasteiger partial charge in [-0.3, -0.25) is 4.79 Å². The lowest BCUT2D eigenvalue weighted by Crippen LogP contribution is -2.21. The van der Waals surface area contributed by atoms with Gasteiger partial charge in [-0.05, 0) is 41.3 Å². The fraction of sp³-hybridized carbons (Fsp3) is 0.250. The fourth-order valence-corrected chi connectivity index (χ4v) is 2.91. The minimum Gasteiger partial charge on any atom is -0.480 e. The molecule has 0 spiro atoms. The van der Waals surface area contributed by atoms with Crippen LogP contribution in [0.25, 0.3) is 22.8 Å². The number of rotatable bonds is 7. The van der Waals surface area contributed by atoms with Gasteiger partial charge in [-0.2, -0.15) is 4.98 Å². The Morgan fingerprint density at radius 3 is 2.59 bits per heavy atom. The Hall–Kier alpha value is -2.70. The minimum absolute atomic E-state index is 0.108. The first-order valence-corrected chi connectivity index (χ1v) is 8.97. The Morgan fingerprint density at radius 2 is 1.96 bits per heavy atom. The van der Waals surface area contributed by atoms with Crippen LogP contribution in [0.5, 0.6) is 0 Å². The summed E-state index contributed by atoms with van der Waals surface area (Å²) in [7, 11) is 0. The van der Waals surface area contributed by atoms with E-state index in [9.17, 15) is 4.79 Å². The van der Waals surface area contributed by atoms with Crippen molar-refractivity contribution in [3.63, 3.8) is 0 Å². The predicted molar refractivity (Wildman–Crippen MR) is 104 cm³/mol. The van der Waals surface area contributed by atoms with Crippen LogP contribution in [0, 0.1) is 0 Å². The summed E-state index contributed by atoms with van der Waals surface area (Å²) in [6.07, 6.45) is 0. The van der Waals surface area contributed by atoms with Crippen molar-refractivity contribution in [2.75, 3.05) is 6.54 Å². The molecule has 7 heteroatoms. The van der Waals surface area contributed by atoms with E-state index in [4.69, 9.17) is 21.2 Å². The number of halogens is 1. The molecule has 0 aliphatic rings. The van der Waals surface area contributed by atoms with E-state index in [1.165, 1.54) is 5.56 Å². The van der Waals surface area contributed by atoms with Crippen molar-refractivity contribution in [3.05, 3.63) is 58.6 Å². The number of aromatic nitrogens is 2. The van der Waals surface area contributed by atoms with Gasteiger partial charge in [-0.25, -0.2) is 0 Å². The van der Waals surface area contributed by atoms with E-state index in [0.717, 1.165) is 11.1 Å². The maximum Gasteiger partial charge on any atom is 0.317 e. The van der Waals surface area contributed by atoms with Gasteiger partial charge in [0.25, 0.3) is 5.89 Å². The Kier molecular flexibility index (Phi) is 5.88. The van der Waals surface area contributed by atoms with E-state index >= 15 is 0 Å². The molecule has 0 saturated heterocycles. The van der Waals surface area contributed by atoms with E-state index in [-0.39, 0.29) is 6.54 Å². The Morgan fingerprint density at radius 1 is 1.22 bits per heavy atom. The van der Waals surface area contributed by atoms with Gasteiger partial charge in [0.2, 0.25) is 5.82 Å². The van der Waals surface area contributed by atoms with Crippen molar-refractivity contribution in [2.24, 2.45) is 0 Å². The first-order chi connectivity index (χ1) is 12.9. The van der Waals surface area contributed by atoms with Crippen molar-refractivity contribution >= 4 is 17.6 Å². The predicted octanol–water partition coefficient (Wildman–Crippen LogP) is 4.35. The summed E-state index contributed by atoms with van der Waals surface area (Å²) in [5.74, 6) is 0.398. The van der Waals surface area contributed by atoms with Gasteiger partial charge in [0.1, 0.15) is 0 Å². The highest BCUT2D eigenvalue weighted by molar-refractivity contribution is 6.33. The number of hydrogen-bond donors (Lipinski definition) is 2. The van der Waals surface area contributed by atoms with Crippen LogP contribution in [0.4, 0.5) is 0 Å². The number of aliphatic carboxylic acids is 1. The molecule has 3 rings (SSSR count). The minimum atomic E-state index is -0.904. The molecule has 0 unspecified atom stereocenters. The Labute approximate surface area is 162 Å². The topological polar surface area (TPSA) is 88.2 Å². The van der Waals surface area contributed by atoms with Gasteiger partial charge in [0.15, 0.2) is 0 Å². The summed E-state index contributed by atoms with van der Waals surface area (Å²) in [4.78, 5) is 15.0. The van der Waals surface area contributed by atoms with Crippen molar-refractivity contribution in [1.82, 2.24) is 15.5 Å². The summed E-state index contributed by atoms with van der Waals surface area (Å²) >= 11 is 6.35. The third kappa shape index (κ3) is 4.72. The molecule has 0 aliphatic carbocycles. The van der Waals surface area contributed by atoms with E-state index < -0.39 is 5.97 Å². The van der Waals surface area contributed by atoms with Crippen molar-refractivity contribution in [3.8, 4) is 22.8 Å². The number of carbonyl (C=O) groups is 1. The first-order valence-electron chi connectivity index (χ1n) is 8.59. The third-order valence-electron chi connectivity index (χ3n) is 4.13. The molecule has 1 heterocycles. The van der Waals surface area contributed by atoms with Gasteiger partial charge in [0, 0.05) is 17.7 Å². The largest absolute Gasteiger partial charge is 0.480 e. The molecule has 0 amide bonds. The number of carboxylic acid groups (broad SMARTS) is 1. The quantitative estimate of drug-likeness (QED) is 0.628. The lowest BCUT2D eigenvalue weighted by Gasteiger charge is -2.05. The smallest absolute Gasteiger partial charge is 0.317 e. The molecule has 1 aromatic heterocycles. The number of benzene rings is 2. The van der Waals surface area contributed by atoms with Crippen LogP contribution < -0.4 is 5.32 Å². The highest BCUT2D eigenvalue weighted by Crippen LogP contribution is 2.29. The number of nitrogens with one attached hydrogen (secondary N) is 1. The number of hydrogen-bond acceptors (Lipinski definition) is 5. The summed E-state index contributed by atoms with van der Waals surface area (Å²) in [6, 6.07) is 13.4. The first kappa shape index (κ1) is 19.1. The summed E-state index contributed by atoms with van der Waals surface area (Å²) in [5, 5.41) is 16.0. The molecule has 3 aromatic rings. The van der Waals surface area contributed by atoms with Crippen molar-refractivity contribution in [2.45, 2.75) is 26.3 Å². The average Bonchev–Trinajstić information content (AvgIpc) is 3.11. The van der Waals surface area contributed by atoms with Crippen molar-refractivity contribution in [1.29, 1.82) is 0 Å². The van der Waals surface area contributed by atoms with Crippen LogP contribution in [0.2, 0.25) is 5.02 Å². The molecular formula is C20H20ClN3O3. The molecule has 2 aromatic carbocycles. The van der Waals surface area contributed by atoms with Gasteiger partial charge in [0.05, 0.1) is 11.6 Å². The normalized spacial score (nSPS) is 11.1. The van der Waals surface area contributed by atoms with Crippen LogP contribution in [-0.2, 0) is 11.3 Å². The second kappa shape index (κ2) is 8.33. The highest BCUT2D eigenvalue weighted by Gasteiger charge is 2.14. The summed E-state index contributed by atoms with van der Waals surface area (Å²) in [5.41, 5.74) is 3.63. The van der Waals surface area contributed by atoms with Gasteiger partial charge in [-0.15, -0.1) is 0 Å². The second-order valence-corrected chi connectivity index (χ2v) is 6.92. The van der Waals surface area contributed by atoms with Crippen LogP contribution >= 0.6 is 11.6 Å². The SMILES string of the molecule is CC(C)c1ccc(-c2nc(-c3ccc(CNCC(=O)O)cc3Cl)no2)cc1.